The molecule has 1 aromatic rings. The van der Waals surface area contributed by atoms with Gasteiger partial charge in [0.25, 0.3) is 0 Å². The van der Waals surface area contributed by atoms with Crippen LogP contribution in [0.4, 0.5) is 0 Å². The fourth-order valence-electron chi connectivity index (χ4n) is 1.14. The minimum Gasteiger partial charge on any atom is -0.465 e. The van der Waals surface area contributed by atoms with Crippen LogP contribution in [0.2, 0.25) is 0 Å². The quantitative estimate of drug-likeness (QED) is 0.487. The lowest BCUT2D eigenvalue weighted by Gasteiger charge is -2.20. The monoisotopic (exact) mass is 304 g/mol. The van der Waals surface area contributed by atoms with Crippen LogP contribution in [-0.4, -0.2) is 12.6 Å². The minimum atomic E-state index is -0.588. The van der Waals surface area contributed by atoms with Gasteiger partial charge in [-0.15, -0.1) is 0 Å². The summed E-state index contributed by atoms with van der Waals surface area (Å²) in [6.07, 6.45) is 0. The average molecular weight is 304 g/mol. The van der Waals surface area contributed by atoms with Crippen molar-refractivity contribution in [2.75, 3.05) is 6.61 Å². The molecule has 3 heteroatoms. The molecule has 1 rings (SSSR count). The number of esters is 1. The molecule has 0 heterocycles. The van der Waals surface area contributed by atoms with Gasteiger partial charge in [-0.05, 0) is 19.4 Å². The van der Waals surface area contributed by atoms with E-state index in [1.54, 1.807) is 0 Å². The zero-order chi connectivity index (χ0) is 10.6. The summed E-state index contributed by atoms with van der Waals surface area (Å²) in [7, 11) is 0. The van der Waals surface area contributed by atoms with Crippen LogP contribution in [0.3, 0.4) is 0 Å². The molecule has 2 nitrogen and oxygen atoms in total. The zero-order valence-electron chi connectivity index (χ0n) is 8.29. The summed E-state index contributed by atoms with van der Waals surface area (Å²) >= 11 is 2.12. The molecule has 0 bridgehead atoms. The summed E-state index contributed by atoms with van der Waals surface area (Å²) in [5.41, 5.74) is 0.971. The Hall–Kier alpha value is -0.580. The minimum absolute atomic E-state index is 0.188. The van der Waals surface area contributed by atoms with Crippen LogP contribution < -0.4 is 0 Å². The molecule has 0 saturated heterocycles. The fraction of sp³-hybridized carbons (Fsp3) is 0.364. The highest BCUT2D eigenvalue weighted by Crippen LogP contribution is 2.32. The van der Waals surface area contributed by atoms with E-state index in [4.69, 9.17) is 4.74 Å². The number of hydrogen-bond donors (Lipinski definition) is 0. The second-order valence-electron chi connectivity index (χ2n) is 3.09. The van der Waals surface area contributed by atoms with Crippen molar-refractivity contribution in [3.8, 4) is 0 Å². The Labute approximate surface area is 97.8 Å². The van der Waals surface area contributed by atoms with E-state index in [2.05, 4.69) is 22.6 Å². The molecule has 0 spiro atoms. The van der Waals surface area contributed by atoms with Gasteiger partial charge in [0, 0.05) is 0 Å². The van der Waals surface area contributed by atoms with E-state index in [1.165, 1.54) is 0 Å². The topological polar surface area (TPSA) is 26.3 Å². The largest absolute Gasteiger partial charge is 0.465 e. The summed E-state index contributed by atoms with van der Waals surface area (Å²) in [5.74, 6) is -0.188. The highest BCUT2D eigenvalue weighted by Gasteiger charge is 2.33. The molecule has 1 unspecified atom stereocenters. The van der Waals surface area contributed by atoms with Crippen LogP contribution in [0.15, 0.2) is 30.3 Å². The first-order valence-electron chi connectivity index (χ1n) is 4.50. The standard InChI is InChI=1S/C11H13IO2/c1-3-14-10(13)11(2,12)9-7-5-4-6-8-9/h4-8H,3H2,1-2H3. The van der Waals surface area contributed by atoms with Gasteiger partial charge in [-0.1, -0.05) is 52.9 Å². The summed E-state index contributed by atoms with van der Waals surface area (Å²) in [5, 5.41) is 0. The normalized spacial score (nSPS) is 14.5. The van der Waals surface area contributed by atoms with Crippen molar-refractivity contribution < 1.29 is 9.53 Å². The number of halogens is 1. The Bertz CT molecular complexity index is 306. The summed E-state index contributed by atoms with van der Waals surface area (Å²) in [4.78, 5) is 11.6. The van der Waals surface area contributed by atoms with Crippen LogP contribution in [0.25, 0.3) is 0 Å². The van der Waals surface area contributed by atoms with Crippen molar-refractivity contribution in [3.05, 3.63) is 35.9 Å². The number of benzene rings is 1. The van der Waals surface area contributed by atoms with Gasteiger partial charge in [0.1, 0.15) is 3.42 Å². The number of alkyl halides is 1. The van der Waals surface area contributed by atoms with Crippen molar-refractivity contribution >= 4 is 28.6 Å². The van der Waals surface area contributed by atoms with Gasteiger partial charge in [-0.2, -0.15) is 0 Å². The second kappa shape index (κ2) is 4.77. The van der Waals surface area contributed by atoms with Crippen LogP contribution in [0, 0.1) is 0 Å². The molecule has 0 aromatic heterocycles. The lowest BCUT2D eigenvalue weighted by atomic mass is 10.0. The van der Waals surface area contributed by atoms with E-state index in [-0.39, 0.29) is 5.97 Å². The average Bonchev–Trinajstić information content (AvgIpc) is 2.19. The highest BCUT2D eigenvalue weighted by molar-refractivity contribution is 14.1. The molecule has 0 amide bonds. The van der Waals surface area contributed by atoms with Crippen LogP contribution in [0.5, 0.6) is 0 Å². The summed E-state index contributed by atoms with van der Waals surface area (Å²) < 4.78 is 4.43. The van der Waals surface area contributed by atoms with Crippen molar-refractivity contribution in [1.29, 1.82) is 0 Å². The molecule has 0 aliphatic carbocycles. The van der Waals surface area contributed by atoms with Crippen molar-refractivity contribution in [3.63, 3.8) is 0 Å². The van der Waals surface area contributed by atoms with Crippen LogP contribution in [-0.2, 0) is 13.0 Å². The Morgan fingerprint density at radius 2 is 2.00 bits per heavy atom. The van der Waals surface area contributed by atoms with Gasteiger partial charge in [-0.3, -0.25) is 4.79 Å². The first-order valence-corrected chi connectivity index (χ1v) is 5.58. The summed E-state index contributed by atoms with van der Waals surface area (Å²) in [6.45, 7) is 4.10. The molecule has 1 aromatic carbocycles. The fourth-order valence-corrected chi connectivity index (χ4v) is 1.65. The smallest absolute Gasteiger partial charge is 0.326 e. The van der Waals surface area contributed by atoms with E-state index in [9.17, 15) is 4.79 Å². The molecule has 0 saturated carbocycles. The first-order chi connectivity index (χ1) is 6.59. The first kappa shape index (κ1) is 11.5. The van der Waals surface area contributed by atoms with E-state index >= 15 is 0 Å². The molecule has 0 aliphatic rings. The van der Waals surface area contributed by atoms with Crippen LogP contribution >= 0.6 is 22.6 Å². The van der Waals surface area contributed by atoms with Gasteiger partial charge in [-0.25, -0.2) is 0 Å². The molecule has 0 N–H and O–H groups in total. The molecule has 76 valence electrons. The third-order valence-corrected chi connectivity index (χ3v) is 3.04. The Balaban J connectivity index is 2.90. The second-order valence-corrected chi connectivity index (χ2v) is 5.25. The number of carbonyl (C=O) groups is 1. The van der Waals surface area contributed by atoms with Crippen LogP contribution in [0.1, 0.15) is 19.4 Å². The highest BCUT2D eigenvalue weighted by atomic mass is 127. The molecule has 0 radical (unpaired) electrons. The SMILES string of the molecule is CCOC(=O)C(C)(I)c1ccccc1. The molecule has 1 atom stereocenters. The van der Waals surface area contributed by atoms with Gasteiger partial charge in [0.15, 0.2) is 0 Å². The molecule has 0 fully saturated rings. The van der Waals surface area contributed by atoms with E-state index in [0.717, 1.165) is 5.56 Å². The maximum atomic E-state index is 11.6. The maximum Gasteiger partial charge on any atom is 0.326 e. The van der Waals surface area contributed by atoms with Gasteiger partial charge < -0.3 is 4.74 Å². The third kappa shape index (κ3) is 2.47. The number of hydrogen-bond acceptors (Lipinski definition) is 2. The predicted molar refractivity (Wildman–Crippen MR) is 64.4 cm³/mol. The third-order valence-electron chi connectivity index (χ3n) is 1.97. The van der Waals surface area contributed by atoms with Crippen molar-refractivity contribution in [1.82, 2.24) is 0 Å². The molecular formula is C11H13IO2. The Kier molecular flexibility index (Phi) is 3.92. The molecule has 14 heavy (non-hydrogen) atoms. The van der Waals surface area contributed by atoms with E-state index < -0.39 is 3.42 Å². The molecular weight excluding hydrogens is 291 g/mol. The lowest BCUT2D eigenvalue weighted by Crippen LogP contribution is -2.27. The summed E-state index contributed by atoms with van der Waals surface area (Å²) in [6, 6.07) is 9.64. The zero-order valence-corrected chi connectivity index (χ0v) is 10.4. The lowest BCUT2D eigenvalue weighted by molar-refractivity contribution is -0.145. The van der Waals surface area contributed by atoms with Gasteiger partial charge in [0.05, 0.1) is 6.61 Å². The van der Waals surface area contributed by atoms with Crippen molar-refractivity contribution in [2.24, 2.45) is 0 Å². The number of rotatable bonds is 3. The van der Waals surface area contributed by atoms with Gasteiger partial charge >= 0.3 is 5.97 Å². The van der Waals surface area contributed by atoms with E-state index in [0.29, 0.717) is 6.61 Å². The predicted octanol–water partition coefficient (Wildman–Crippen LogP) is 2.90. The number of carbonyl (C=O) groups excluding carboxylic acids is 1. The Morgan fingerprint density at radius 1 is 1.43 bits per heavy atom. The maximum absolute atomic E-state index is 11.6. The number of ether oxygens (including phenoxy) is 1. The van der Waals surface area contributed by atoms with Gasteiger partial charge in [0.2, 0.25) is 0 Å². The van der Waals surface area contributed by atoms with Crippen molar-refractivity contribution in [2.45, 2.75) is 17.3 Å². The van der Waals surface area contributed by atoms with E-state index in [1.807, 2.05) is 44.2 Å². The molecule has 0 aliphatic heterocycles. The Morgan fingerprint density at radius 3 is 2.50 bits per heavy atom.